The molecule has 0 aliphatic rings. The zero-order valence-corrected chi connectivity index (χ0v) is 15.2. The van der Waals surface area contributed by atoms with Crippen LogP contribution >= 0.6 is 23.4 Å². The quantitative estimate of drug-likeness (QED) is 0.415. The van der Waals surface area contributed by atoms with Gasteiger partial charge in [-0.05, 0) is 49.2 Å². The van der Waals surface area contributed by atoms with Gasteiger partial charge >= 0.3 is 0 Å². The summed E-state index contributed by atoms with van der Waals surface area (Å²) in [7, 11) is 0. The van der Waals surface area contributed by atoms with Gasteiger partial charge < -0.3 is 0 Å². The van der Waals surface area contributed by atoms with Gasteiger partial charge in [-0.15, -0.1) is 10.2 Å². The molecule has 0 atom stereocenters. The lowest BCUT2D eigenvalue weighted by molar-refractivity contribution is 0.823. The summed E-state index contributed by atoms with van der Waals surface area (Å²) in [6.07, 6.45) is 2.49. The zero-order valence-electron chi connectivity index (χ0n) is 13.6. The van der Waals surface area contributed by atoms with Crippen LogP contribution in [0.1, 0.15) is 19.3 Å². The van der Waals surface area contributed by atoms with E-state index in [4.69, 9.17) is 16.9 Å². The lowest BCUT2D eigenvalue weighted by atomic mass is 10.2. The summed E-state index contributed by atoms with van der Waals surface area (Å²) in [6.45, 7) is 0. The molecule has 0 aliphatic heterocycles. The molecule has 0 saturated carbocycles. The highest BCUT2D eigenvalue weighted by Crippen LogP contribution is 2.29. The molecule has 0 unspecified atom stereocenters. The Morgan fingerprint density at radius 1 is 1.00 bits per heavy atom. The van der Waals surface area contributed by atoms with E-state index < -0.39 is 0 Å². The van der Waals surface area contributed by atoms with Crippen LogP contribution in [0.4, 0.5) is 0 Å². The van der Waals surface area contributed by atoms with Crippen LogP contribution in [0.25, 0.3) is 17.1 Å². The van der Waals surface area contributed by atoms with E-state index in [0.29, 0.717) is 11.4 Å². The van der Waals surface area contributed by atoms with Gasteiger partial charge in [0.05, 0.1) is 6.07 Å². The molecule has 0 bridgehead atoms. The van der Waals surface area contributed by atoms with Crippen molar-refractivity contribution < 1.29 is 0 Å². The molecule has 1 heterocycles. The molecule has 0 radical (unpaired) electrons. The monoisotopic (exact) mass is 368 g/mol. The second-order valence-corrected chi connectivity index (χ2v) is 6.95. The number of halogens is 1. The van der Waals surface area contributed by atoms with Gasteiger partial charge in [-0.1, -0.05) is 41.6 Å². The van der Waals surface area contributed by atoms with Gasteiger partial charge in [0, 0.05) is 28.4 Å². The number of para-hydroxylation sites is 1. The van der Waals surface area contributed by atoms with Crippen molar-refractivity contribution in [3.05, 3.63) is 59.6 Å². The molecule has 4 nitrogen and oxygen atoms in total. The highest BCUT2D eigenvalue weighted by Gasteiger charge is 2.15. The van der Waals surface area contributed by atoms with Crippen molar-refractivity contribution in [3.63, 3.8) is 0 Å². The SMILES string of the molecule is N#CCCCCSc1nnc(-c2ccc(Cl)cc2)n1-c1ccccc1. The summed E-state index contributed by atoms with van der Waals surface area (Å²) in [5, 5.41) is 19.0. The van der Waals surface area contributed by atoms with Crippen LogP contribution in [-0.4, -0.2) is 20.5 Å². The number of nitriles is 1. The van der Waals surface area contributed by atoms with Gasteiger partial charge in [0.1, 0.15) is 0 Å². The first-order chi connectivity index (χ1) is 12.3. The van der Waals surface area contributed by atoms with Gasteiger partial charge in [-0.2, -0.15) is 5.26 Å². The number of nitrogens with zero attached hydrogens (tertiary/aromatic N) is 4. The fourth-order valence-corrected chi connectivity index (χ4v) is 3.51. The molecule has 126 valence electrons. The third-order valence-corrected chi connectivity index (χ3v) is 4.93. The molecule has 0 N–H and O–H groups in total. The van der Waals surface area contributed by atoms with Gasteiger partial charge in [0.15, 0.2) is 11.0 Å². The summed E-state index contributed by atoms with van der Waals surface area (Å²) >= 11 is 7.67. The van der Waals surface area contributed by atoms with Crippen LogP contribution in [0, 0.1) is 11.3 Å². The summed E-state index contributed by atoms with van der Waals surface area (Å²) in [6, 6.07) is 19.9. The standard InChI is InChI=1S/C19H17ClN4S/c20-16-11-9-15(10-12-16)18-22-23-19(25-14-6-2-5-13-21)24(18)17-7-3-1-4-8-17/h1,3-4,7-12H,2,5-6,14H2. The largest absolute Gasteiger partial charge is 0.270 e. The summed E-state index contributed by atoms with van der Waals surface area (Å²) in [4.78, 5) is 0. The molecule has 0 amide bonds. The average molecular weight is 369 g/mol. The smallest absolute Gasteiger partial charge is 0.196 e. The van der Waals surface area contributed by atoms with Crippen molar-refractivity contribution in [1.82, 2.24) is 14.8 Å². The van der Waals surface area contributed by atoms with Crippen LogP contribution in [0.3, 0.4) is 0 Å². The molecular weight excluding hydrogens is 352 g/mol. The van der Waals surface area contributed by atoms with Crippen LogP contribution < -0.4 is 0 Å². The number of thioether (sulfide) groups is 1. The molecule has 2 aromatic carbocycles. The summed E-state index contributed by atoms with van der Waals surface area (Å²) in [5.41, 5.74) is 1.99. The van der Waals surface area contributed by atoms with Crippen LogP contribution in [0.5, 0.6) is 0 Å². The van der Waals surface area contributed by atoms with E-state index in [1.165, 1.54) is 0 Å². The number of benzene rings is 2. The van der Waals surface area contributed by atoms with Crippen LogP contribution in [0.2, 0.25) is 5.02 Å². The lowest BCUT2D eigenvalue weighted by Crippen LogP contribution is -1.99. The van der Waals surface area contributed by atoms with Crippen molar-refractivity contribution >= 4 is 23.4 Å². The molecular formula is C19H17ClN4S. The minimum absolute atomic E-state index is 0.599. The molecule has 25 heavy (non-hydrogen) atoms. The third-order valence-electron chi connectivity index (χ3n) is 3.66. The first-order valence-electron chi connectivity index (χ1n) is 8.06. The van der Waals surface area contributed by atoms with Crippen molar-refractivity contribution in [2.24, 2.45) is 0 Å². The highest BCUT2D eigenvalue weighted by molar-refractivity contribution is 7.99. The Morgan fingerprint density at radius 2 is 1.76 bits per heavy atom. The van der Waals surface area contributed by atoms with E-state index in [1.54, 1.807) is 11.8 Å². The molecule has 0 aliphatic carbocycles. The first-order valence-corrected chi connectivity index (χ1v) is 9.42. The predicted molar refractivity (Wildman–Crippen MR) is 102 cm³/mol. The molecule has 6 heteroatoms. The number of hydrogen-bond donors (Lipinski definition) is 0. The fourth-order valence-electron chi connectivity index (χ4n) is 2.43. The second kappa shape index (κ2) is 8.70. The van der Waals surface area contributed by atoms with Gasteiger partial charge in [0.2, 0.25) is 0 Å². The molecule has 1 aromatic heterocycles. The fraction of sp³-hybridized carbons (Fsp3) is 0.211. The molecule has 3 rings (SSSR count). The van der Waals surface area contributed by atoms with Crippen molar-refractivity contribution in [2.45, 2.75) is 24.4 Å². The Balaban J connectivity index is 1.91. The Hall–Kier alpha value is -2.29. The third kappa shape index (κ3) is 4.41. The Morgan fingerprint density at radius 3 is 2.48 bits per heavy atom. The van der Waals surface area contributed by atoms with Gasteiger partial charge in [-0.25, -0.2) is 0 Å². The van der Waals surface area contributed by atoms with E-state index in [-0.39, 0.29) is 0 Å². The van der Waals surface area contributed by atoms with E-state index in [9.17, 15) is 0 Å². The van der Waals surface area contributed by atoms with E-state index in [2.05, 4.69) is 20.8 Å². The van der Waals surface area contributed by atoms with Crippen molar-refractivity contribution in [2.75, 3.05) is 5.75 Å². The van der Waals surface area contributed by atoms with Gasteiger partial charge in [-0.3, -0.25) is 4.57 Å². The van der Waals surface area contributed by atoms with E-state index in [1.807, 2.05) is 54.6 Å². The Bertz CT molecular complexity index is 853. The molecule has 0 fully saturated rings. The zero-order chi connectivity index (χ0) is 17.5. The molecule has 0 saturated heterocycles. The number of hydrogen-bond acceptors (Lipinski definition) is 4. The van der Waals surface area contributed by atoms with Gasteiger partial charge in [0.25, 0.3) is 0 Å². The summed E-state index contributed by atoms with van der Waals surface area (Å²) in [5.74, 6) is 1.70. The van der Waals surface area contributed by atoms with Crippen molar-refractivity contribution in [3.8, 4) is 23.1 Å². The maximum atomic E-state index is 8.63. The van der Waals surface area contributed by atoms with Crippen LogP contribution in [0.15, 0.2) is 59.8 Å². The van der Waals surface area contributed by atoms with E-state index >= 15 is 0 Å². The number of unbranched alkanes of at least 4 members (excludes halogenated alkanes) is 2. The Kier molecular flexibility index (Phi) is 6.10. The van der Waals surface area contributed by atoms with Crippen molar-refractivity contribution in [1.29, 1.82) is 5.26 Å². The first kappa shape index (κ1) is 17.5. The summed E-state index contributed by atoms with van der Waals surface area (Å²) < 4.78 is 2.07. The maximum absolute atomic E-state index is 8.63. The minimum Gasteiger partial charge on any atom is -0.270 e. The maximum Gasteiger partial charge on any atom is 0.196 e. The second-order valence-electron chi connectivity index (χ2n) is 5.45. The number of rotatable bonds is 7. The molecule has 3 aromatic rings. The average Bonchev–Trinajstić information content (AvgIpc) is 3.07. The lowest BCUT2D eigenvalue weighted by Gasteiger charge is -2.10. The normalized spacial score (nSPS) is 10.6. The topological polar surface area (TPSA) is 54.5 Å². The number of aromatic nitrogens is 3. The van der Waals surface area contributed by atoms with E-state index in [0.717, 1.165) is 40.8 Å². The predicted octanol–water partition coefficient (Wildman–Crippen LogP) is 5.37. The Labute approximate surface area is 156 Å². The highest BCUT2D eigenvalue weighted by atomic mass is 35.5. The van der Waals surface area contributed by atoms with Crippen LogP contribution in [-0.2, 0) is 0 Å². The minimum atomic E-state index is 0.599. The molecule has 0 spiro atoms.